The number of hydrogen-bond donors (Lipinski definition) is 2. The van der Waals surface area contributed by atoms with E-state index in [4.69, 9.17) is 0 Å². The zero-order valence-electron chi connectivity index (χ0n) is 13.9. The van der Waals surface area contributed by atoms with Crippen LogP contribution in [0.25, 0.3) is 0 Å². The molecule has 2 aromatic carbocycles. The van der Waals surface area contributed by atoms with Crippen LogP contribution in [0.5, 0.6) is 0 Å². The van der Waals surface area contributed by atoms with E-state index in [-0.39, 0.29) is 11.9 Å². The highest BCUT2D eigenvalue weighted by atomic mass is 16.2. The van der Waals surface area contributed by atoms with Crippen LogP contribution in [0.2, 0.25) is 0 Å². The van der Waals surface area contributed by atoms with E-state index in [0.717, 1.165) is 18.7 Å². The maximum Gasteiger partial charge on any atom is 0.322 e. The van der Waals surface area contributed by atoms with Crippen molar-refractivity contribution in [3.8, 4) is 0 Å². The number of benzene rings is 2. The van der Waals surface area contributed by atoms with Crippen molar-refractivity contribution in [3.63, 3.8) is 0 Å². The molecule has 0 bridgehead atoms. The second-order valence-corrected chi connectivity index (χ2v) is 6.74. The molecule has 4 rings (SSSR count). The van der Waals surface area contributed by atoms with Crippen molar-refractivity contribution in [2.75, 3.05) is 17.2 Å². The molecular formula is C20H21N3O2. The van der Waals surface area contributed by atoms with Crippen LogP contribution in [0.3, 0.4) is 0 Å². The van der Waals surface area contributed by atoms with Crippen LogP contribution in [0.1, 0.15) is 29.6 Å². The van der Waals surface area contributed by atoms with Crippen LogP contribution in [-0.4, -0.2) is 29.4 Å². The SMILES string of the molecule is O=C(Nc1ccccc1)c1ccc(NC(=O)N2C[C@H]3CCC[C@@H]32)cc1. The summed E-state index contributed by atoms with van der Waals surface area (Å²) in [7, 11) is 0. The van der Waals surface area contributed by atoms with Crippen molar-refractivity contribution >= 4 is 23.3 Å². The first kappa shape index (κ1) is 15.7. The van der Waals surface area contributed by atoms with Crippen molar-refractivity contribution in [2.45, 2.75) is 25.3 Å². The number of rotatable bonds is 3. The second kappa shape index (κ2) is 6.59. The normalized spacial score (nSPS) is 21.2. The second-order valence-electron chi connectivity index (χ2n) is 6.74. The van der Waals surface area contributed by atoms with E-state index in [9.17, 15) is 9.59 Å². The molecule has 0 aromatic heterocycles. The average Bonchev–Trinajstić information content (AvgIpc) is 2.97. The summed E-state index contributed by atoms with van der Waals surface area (Å²) in [6, 6.07) is 16.7. The number of carbonyl (C=O) groups is 2. The van der Waals surface area contributed by atoms with Gasteiger partial charge in [-0.2, -0.15) is 0 Å². The van der Waals surface area contributed by atoms with Gasteiger partial charge in [0.15, 0.2) is 0 Å². The molecule has 1 aliphatic heterocycles. The number of urea groups is 1. The molecule has 5 heteroatoms. The number of fused-ring (bicyclic) bond motifs is 1. The highest BCUT2D eigenvalue weighted by Crippen LogP contribution is 2.39. The minimum atomic E-state index is -0.166. The summed E-state index contributed by atoms with van der Waals surface area (Å²) in [4.78, 5) is 26.5. The summed E-state index contributed by atoms with van der Waals surface area (Å²) in [5.41, 5.74) is 2.03. The summed E-state index contributed by atoms with van der Waals surface area (Å²) in [5.74, 6) is 0.537. The van der Waals surface area contributed by atoms with Gasteiger partial charge in [0, 0.05) is 29.5 Å². The van der Waals surface area contributed by atoms with Gasteiger partial charge in [-0.25, -0.2) is 4.79 Å². The van der Waals surface area contributed by atoms with Crippen LogP contribution < -0.4 is 10.6 Å². The van der Waals surface area contributed by atoms with Gasteiger partial charge in [-0.1, -0.05) is 24.6 Å². The Balaban J connectivity index is 1.35. The van der Waals surface area contributed by atoms with Gasteiger partial charge in [-0.3, -0.25) is 4.79 Å². The van der Waals surface area contributed by atoms with E-state index in [2.05, 4.69) is 10.6 Å². The largest absolute Gasteiger partial charge is 0.322 e. The lowest BCUT2D eigenvalue weighted by molar-refractivity contribution is 0.0797. The molecule has 5 nitrogen and oxygen atoms in total. The lowest BCUT2D eigenvalue weighted by Crippen LogP contribution is -2.57. The number of amides is 3. The minimum Gasteiger partial charge on any atom is -0.322 e. The van der Waals surface area contributed by atoms with Crippen molar-refractivity contribution in [2.24, 2.45) is 5.92 Å². The molecule has 2 atom stereocenters. The molecule has 1 saturated carbocycles. The predicted molar refractivity (Wildman–Crippen MR) is 97.7 cm³/mol. The number of anilines is 2. The van der Waals surface area contributed by atoms with Gasteiger partial charge in [0.05, 0.1) is 0 Å². The fourth-order valence-corrected chi connectivity index (χ4v) is 3.75. The highest BCUT2D eigenvalue weighted by molar-refractivity contribution is 6.04. The lowest BCUT2D eigenvalue weighted by Gasteiger charge is -2.44. The van der Waals surface area contributed by atoms with Gasteiger partial charge in [-0.15, -0.1) is 0 Å². The standard InChI is InChI=1S/C20H21N3O2/c24-19(21-16-6-2-1-3-7-16)14-9-11-17(12-10-14)22-20(25)23-13-15-5-4-8-18(15)23/h1-3,6-7,9-12,15,18H,4-5,8,13H2,(H,21,24)(H,22,25)/t15-,18+/m1/s1. The highest BCUT2D eigenvalue weighted by Gasteiger charge is 2.44. The fraction of sp³-hybridized carbons (Fsp3) is 0.300. The molecule has 2 aliphatic rings. The number of carbonyl (C=O) groups excluding carboxylic acids is 2. The first-order chi connectivity index (χ1) is 12.2. The Bertz CT molecular complexity index is 773. The third kappa shape index (κ3) is 3.22. The fourth-order valence-electron chi connectivity index (χ4n) is 3.75. The minimum absolute atomic E-state index is 0.0374. The summed E-state index contributed by atoms with van der Waals surface area (Å²) < 4.78 is 0. The van der Waals surface area contributed by atoms with Crippen molar-refractivity contribution in [1.29, 1.82) is 0 Å². The molecule has 0 radical (unpaired) electrons. The topological polar surface area (TPSA) is 61.4 Å². The number of para-hydroxylation sites is 1. The third-order valence-electron chi connectivity index (χ3n) is 5.14. The van der Waals surface area contributed by atoms with E-state index in [1.165, 1.54) is 12.8 Å². The van der Waals surface area contributed by atoms with E-state index in [1.54, 1.807) is 24.3 Å². The van der Waals surface area contributed by atoms with Crippen LogP contribution in [-0.2, 0) is 0 Å². The maximum absolute atomic E-state index is 12.3. The van der Waals surface area contributed by atoms with Gasteiger partial charge in [0.25, 0.3) is 5.91 Å². The van der Waals surface area contributed by atoms with Crippen LogP contribution >= 0.6 is 0 Å². The van der Waals surface area contributed by atoms with Crippen molar-refractivity contribution in [3.05, 3.63) is 60.2 Å². The molecule has 1 saturated heterocycles. The molecule has 2 aromatic rings. The number of nitrogens with one attached hydrogen (secondary N) is 2. The average molecular weight is 335 g/mol. The molecule has 2 N–H and O–H groups in total. The summed E-state index contributed by atoms with van der Waals surface area (Å²) in [6.45, 7) is 0.869. The molecule has 1 heterocycles. The number of likely N-dealkylation sites (tertiary alicyclic amines) is 1. The van der Waals surface area contributed by atoms with Gasteiger partial charge >= 0.3 is 6.03 Å². The van der Waals surface area contributed by atoms with Gasteiger partial charge in [0.1, 0.15) is 0 Å². The molecule has 0 spiro atoms. The van der Waals surface area contributed by atoms with Gasteiger partial charge in [0.2, 0.25) is 0 Å². The summed E-state index contributed by atoms with van der Waals surface area (Å²) in [5, 5.41) is 5.77. The van der Waals surface area contributed by atoms with Gasteiger partial charge in [-0.05, 0) is 55.2 Å². The van der Waals surface area contributed by atoms with Crippen molar-refractivity contribution < 1.29 is 9.59 Å². The van der Waals surface area contributed by atoms with Crippen LogP contribution in [0.15, 0.2) is 54.6 Å². The first-order valence-electron chi connectivity index (χ1n) is 8.75. The lowest BCUT2D eigenvalue weighted by atomic mass is 9.92. The van der Waals surface area contributed by atoms with Crippen LogP contribution in [0.4, 0.5) is 16.2 Å². The Labute approximate surface area is 147 Å². The smallest absolute Gasteiger partial charge is 0.322 e. The molecule has 25 heavy (non-hydrogen) atoms. The monoisotopic (exact) mass is 335 g/mol. The zero-order valence-corrected chi connectivity index (χ0v) is 13.9. The molecule has 3 amide bonds. The molecule has 1 aliphatic carbocycles. The predicted octanol–water partition coefficient (Wildman–Crippen LogP) is 3.96. The molecule has 128 valence electrons. The zero-order chi connectivity index (χ0) is 17.2. The maximum atomic E-state index is 12.3. The Morgan fingerprint density at radius 2 is 1.60 bits per heavy atom. The summed E-state index contributed by atoms with van der Waals surface area (Å²) in [6.07, 6.45) is 3.60. The molecule has 0 unspecified atom stereocenters. The van der Waals surface area contributed by atoms with E-state index in [0.29, 0.717) is 23.2 Å². The summed E-state index contributed by atoms with van der Waals surface area (Å²) >= 11 is 0. The Morgan fingerprint density at radius 1 is 0.880 bits per heavy atom. The molecular weight excluding hydrogens is 314 g/mol. The third-order valence-corrected chi connectivity index (χ3v) is 5.14. The Hall–Kier alpha value is -2.82. The first-order valence-corrected chi connectivity index (χ1v) is 8.75. The quantitative estimate of drug-likeness (QED) is 0.892. The van der Waals surface area contributed by atoms with E-state index < -0.39 is 0 Å². The van der Waals surface area contributed by atoms with Gasteiger partial charge < -0.3 is 15.5 Å². The number of hydrogen-bond acceptors (Lipinski definition) is 2. The van der Waals surface area contributed by atoms with E-state index >= 15 is 0 Å². The Morgan fingerprint density at radius 3 is 2.32 bits per heavy atom. The van der Waals surface area contributed by atoms with Crippen molar-refractivity contribution in [1.82, 2.24) is 4.90 Å². The Kier molecular flexibility index (Phi) is 4.14. The molecule has 2 fully saturated rings. The van der Waals surface area contributed by atoms with E-state index in [1.807, 2.05) is 35.2 Å². The van der Waals surface area contributed by atoms with Crippen LogP contribution in [0, 0.1) is 5.92 Å². The number of nitrogens with zero attached hydrogens (tertiary/aromatic N) is 1.